The average molecular weight is 332 g/mol. The number of para-hydroxylation sites is 1. The Morgan fingerprint density at radius 3 is 2.54 bits per heavy atom. The van der Waals surface area contributed by atoms with Crippen LogP contribution in [0.5, 0.6) is 0 Å². The SMILES string of the molecule is COC(=O)[C@@H]1Cc2ccccc2N1C(=O)CNC(=O)CC(C)(C)C. The zero-order valence-corrected chi connectivity index (χ0v) is 14.6. The number of amides is 2. The van der Waals surface area contributed by atoms with E-state index >= 15 is 0 Å². The Morgan fingerprint density at radius 2 is 1.92 bits per heavy atom. The summed E-state index contributed by atoms with van der Waals surface area (Å²) in [6, 6.07) is 6.69. The molecule has 1 atom stereocenters. The number of ether oxygens (including phenoxy) is 1. The van der Waals surface area contributed by atoms with E-state index in [1.807, 2.05) is 39.0 Å². The Bertz CT molecular complexity index is 649. The molecule has 0 aromatic heterocycles. The third-order valence-corrected chi connectivity index (χ3v) is 3.85. The number of anilines is 1. The van der Waals surface area contributed by atoms with E-state index in [2.05, 4.69) is 5.32 Å². The van der Waals surface area contributed by atoms with E-state index in [0.717, 1.165) is 5.56 Å². The zero-order valence-electron chi connectivity index (χ0n) is 14.6. The minimum absolute atomic E-state index is 0.142. The minimum atomic E-state index is -0.681. The number of fused-ring (bicyclic) bond motifs is 1. The number of carbonyl (C=O) groups excluding carboxylic acids is 3. The largest absolute Gasteiger partial charge is 0.467 e. The van der Waals surface area contributed by atoms with E-state index in [1.54, 1.807) is 6.07 Å². The van der Waals surface area contributed by atoms with Gasteiger partial charge in [0.25, 0.3) is 0 Å². The summed E-state index contributed by atoms with van der Waals surface area (Å²) in [5, 5.41) is 2.64. The van der Waals surface area contributed by atoms with Crippen LogP contribution in [0.1, 0.15) is 32.8 Å². The third-order valence-electron chi connectivity index (χ3n) is 3.85. The Labute approximate surface area is 142 Å². The molecule has 2 amide bonds. The number of nitrogens with zero attached hydrogens (tertiary/aromatic N) is 1. The van der Waals surface area contributed by atoms with Gasteiger partial charge in [0, 0.05) is 18.5 Å². The van der Waals surface area contributed by atoms with Gasteiger partial charge in [-0.25, -0.2) is 4.79 Å². The molecule has 1 aromatic carbocycles. The standard InChI is InChI=1S/C18H24N2O4/c1-18(2,3)10-15(21)19-11-16(22)20-13-8-6-5-7-12(13)9-14(20)17(23)24-4/h5-8,14H,9-11H2,1-4H3,(H,19,21)/t14-/m0/s1. The number of esters is 1. The summed E-state index contributed by atoms with van der Waals surface area (Å²) >= 11 is 0. The number of methoxy groups -OCH3 is 1. The first kappa shape index (κ1) is 18.0. The molecule has 0 unspecified atom stereocenters. The second-order valence-electron chi connectivity index (χ2n) is 7.15. The first-order chi connectivity index (χ1) is 11.2. The fraction of sp³-hybridized carbons (Fsp3) is 0.500. The lowest BCUT2D eigenvalue weighted by Gasteiger charge is -2.24. The monoisotopic (exact) mass is 332 g/mol. The number of rotatable bonds is 4. The molecule has 1 aliphatic rings. The van der Waals surface area contributed by atoms with E-state index in [9.17, 15) is 14.4 Å². The predicted octanol–water partition coefficient (Wildman–Crippen LogP) is 1.67. The van der Waals surface area contributed by atoms with Gasteiger partial charge in [-0.2, -0.15) is 0 Å². The van der Waals surface area contributed by atoms with Crippen LogP contribution in [-0.4, -0.2) is 37.5 Å². The molecule has 1 aliphatic heterocycles. The number of hydrogen-bond donors (Lipinski definition) is 1. The molecule has 0 saturated heterocycles. The highest BCUT2D eigenvalue weighted by atomic mass is 16.5. The molecule has 6 nitrogen and oxygen atoms in total. The summed E-state index contributed by atoms with van der Waals surface area (Å²) in [5.41, 5.74) is 1.47. The van der Waals surface area contributed by atoms with Crippen molar-refractivity contribution in [3.63, 3.8) is 0 Å². The molecule has 2 rings (SSSR count). The van der Waals surface area contributed by atoms with Crippen LogP contribution in [0.15, 0.2) is 24.3 Å². The van der Waals surface area contributed by atoms with Crippen molar-refractivity contribution in [3.05, 3.63) is 29.8 Å². The molecule has 0 radical (unpaired) electrons. The van der Waals surface area contributed by atoms with E-state index in [0.29, 0.717) is 18.5 Å². The maximum Gasteiger partial charge on any atom is 0.329 e. The van der Waals surface area contributed by atoms with Crippen LogP contribution in [-0.2, 0) is 25.5 Å². The third kappa shape index (κ3) is 4.13. The highest BCUT2D eigenvalue weighted by molar-refractivity contribution is 6.04. The molecule has 0 fully saturated rings. The van der Waals surface area contributed by atoms with Gasteiger partial charge < -0.3 is 10.1 Å². The topological polar surface area (TPSA) is 75.7 Å². The van der Waals surface area contributed by atoms with Crippen molar-refractivity contribution in [2.24, 2.45) is 5.41 Å². The summed E-state index contributed by atoms with van der Waals surface area (Å²) < 4.78 is 4.82. The van der Waals surface area contributed by atoms with Gasteiger partial charge in [0.05, 0.1) is 13.7 Å². The highest BCUT2D eigenvalue weighted by Gasteiger charge is 2.38. The van der Waals surface area contributed by atoms with Crippen molar-refractivity contribution >= 4 is 23.5 Å². The molecular formula is C18H24N2O4. The van der Waals surface area contributed by atoms with E-state index in [1.165, 1.54) is 12.0 Å². The summed E-state index contributed by atoms with van der Waals surface area (Å²) in [7, 11) is 1.30. The first-order valence-corrected chi connectivity index (χ1v) is 7.97. The van der Waals surface area contributed by atoms with Crippen molar-refractivity contribution < 1.29 is 19.1 Å². The smallest absolute Gasteiger partial charge is 0.329 e. The Morgan fingerprint density at radius 1 is 1.25 bits per heavy atom. The Kier molecular flexibility index (Phi) is 5.26. The van der Waals surface area contributed by atoms with Crippen LogP contribution in [0.4, 0.5) is 5.69 Å². The van der Waals surface area contributed by atoms with Crippen molar-refractivity contribution in [1.82, 2.24) is 5.32 Å². The summed E-state index contributed by atoms with van der Waals surface area (Å²) in [5.74, 6) is -0.962. The second kappa shape index (κ2) is 7.03. The van der Waals surface area contributed by atoms with Gasteiger partial charge in [-0.15, -0.1) is 0 Å². The fourth-order valence-electron chi connectivity index (χ4n) is 2.82. The fourth-order valence-corrected chi connectivity index (χ4v) is 2.82. The van der Waals surface area contributed by atoms with Crippen molar-refractivity contribution in [1.29, 1.82) is 0 Å². The van der Waals surface area contributed by atoms with Crippen LogP contribution >= 0.6 is 0 Å². The van der Waals surface area contributed by atoms with Gasteiger partial charge in [0.15, 0.2) is 0 Å². The minimum Gasteiger partial charge on any atom is -0.467 e. The van der Waals surface area contributed by atoms with Gasteiger partial charge in [-0.3, -0.25) is 14.5 Å². The number of benzene rings is 1. The van der Waals surface area contributed by atoms with Gasteiger partial charge in [0.1, 0.15) is 6.04 Å². The van der Waals surface area contributed by atoms with Gasteiger partial charge in [0.2, 0.25) is 11.8 Å². The molecule has 0 aliphatic carbocycles. The van der Waals surface area contributed by atoms with Crippen molar-refractivity contribution in [3.8, 4) is 0 Å². The molecule has 1 aromatic rings. The molecular weight excluding hydrogens is 308 g/mol. The first-order valence-electron chi connectivity index (χ1n) is 7.97. The van der Waals surface area contributed by atoms with E-state index < -0.39 is 12.0 Å². The van der Waals surface area contributed by atoms with Crippen LogP contribution in [0.25, 0.3) is 0 Å². The van der Waals surface area contributed by atoms with Crippen LogP contribution in [0.2, 0.25) is 0 Å². The van der Waals surface area contributed by atoms with E-state index in [4.69, 9.17) is 4.74 Å². The molecule has 6 heteroatoms. The molecule has 0 saturated carbocycles. The van der Waals surface area contributed by atoms with Gasteiger partial charge >= 0.3 is 5.97 Å². The van der Waals surface area contributed by atoms with Crippen molar-refractivity contribution in [2.75, 3.05) is 18.6 Å². The summed E-state index contributed by atoms with van der Waals surface area (Å²) in [6.07, 6.45) is 0.752. The van der Waals surface area contributed by atoms with E-state index in [-0.39, 0.29) is 23.8 Å². The lowest BCUT2D eigenvalue weighted by atomic mass is 9.92. The molecule has 0 bridgehead atoms. The highest BCUT2D eigenvalue weighted by Crippen LogP contribution is 2.32. The normalized spacial score (nSPS) is 16.5. The zero-order chi connectivity index (χ0) is 17.9. The lowest BCUT2D eigenvalue weighted by Crippen LogP contribution is -2.48. The quantitative estimate of drug-likeness (QED) is 0.851. The molecule has 24 heavy (non-hydrogen) atoms. The number of nitrogens with one attached hydrogen (secondary N) is 1. The predicted molar refractivity (Wildman–Crippen MR) is 90.5 cm³/mol. The Hall–Kier alpha value is -2.37. The molecule has 0 spiro atoms. The summed E-state index contributed by atoms with van der Waals surface area (Å²) in [4.78, 5) is 38.0. The number of hydrogen-bond acceptors (Lipinski definition) is 4. The van der Waals surface area contributed by atoms with Crippen LogP contribution < -0.4 is 10.2 Å². The molecule has 130 valence electrons. The average Bonchev–Trinajstić information content (AvgIpc) is 2.89. The van der Waals surface area contributed by atoms with Gasteiger partial charge in [-0.05, 0) is 17.0 Å². The maximum atomic E-state index is 12.6. The lowest BCUT2D eigenvalue weighted by molar-refractivity contribution is -0.143. The second-order valence-corrected chi connectivity index (χ2v) is 7.15. The molecule has 1 N–H and O–H groups in total. The number of carbonyl (C=O) groups is 3. The van der Waals surface area contributed by atoms with Gasteiger partial charge in [-0.1, -0.05) is 39.0 Å². The van der Waals surface area contributed by atoms with Crippen LogP contribution in [0.3, 0.4) is 0 Å². The Balaban J connectivity index is 2.10. The van der Waals surface area contributed by atoms with Crippen molar-refractivity contribution in [2.45, 2.75) is 39.7 Å². The van der Waals surface area contributed by atoms with Crippen LogP contribution in [0, 0.1) is 5.41 Å². The summed E-state index contributed by atoms with van der Waals surface area (Å²) in [6.45, 7) is 5.73. The molecule has 1 heterocycles. The maximum absolute atomic E-state index is 12.6.